The Morgan fingerprint density at radius 1 is 1.05 bits per heavy atom. The van der Waals surface area contributed by atoms with E-state index in [1.54, 1.807) is 36.4 Å². The molecule has 0 unspecified atom stereocenters. The summed E-state index contributed by atoms with van der Waals surface area (Å²) in [5, 5.41) is 13.5. The summed E-state index contributed by atoms with van der Waals surface area (Å²) in [6.07, 6.45) is 1.57. The molecule has 1 heterocycles. The summed E-state index contributed by atoms with van der Waals surface area (Å²) in [5.41, 5.74) is 3.70. The van der Waals surface area contributed by atoms with Crippen molar-refractivity contribution in [1.29, 1.82) is 0 Å². The van der Waals surface area contributed by atoms with E-state index in [2.05, 4.69) is 5.32 Å². The maximum Gasteiger partial charge on any atom is 0.293 e. The van der Waals surface area contributed by atoms with Gasteiger partial charge in [-0.05, 0) is 72.6 Å². The normalized spacial score (nSPS) is 14.2. The Labute approximate surface area is 217 Å². The number of para-hydroxylation sites is 1. The van der Waals surface area contributed by atoms with E-state index in [4.69, 9.17) is 4.74 Å². The maximum absolute atomic E-state index is 12.8. The van der Waals surface area contributed by atoms with Crippen LogP contribution in [-0.4, -0.2) is 33.5 Å². The molecule has 10 heteroatoms. The van der Waals surface area contributed by atoms with Gasteiger partial charge in [-0.25, -0.2) is 0 Å². The Balaban J connectivity index is 1.36. The molecule has 0 atom stereocenters. The van der Waals surface area contributed by atoms with E-state index in [0.29, 0.717) is 17.0 Å². The van der Waals surface area contributed by atoms with Crippen LogP contribution in [-0.2, 0) is 16.1 Å². The van der Waals surface area contributed by atoms with Gasteiger partial charge in [-0.2, -0.15) is 0 Å². The molecule has 0 spiro atoms. The van der Waals surface area contributed by atoms with Gasteiger partial charge in [0.15, 0.2) is 6.61 Å². The number of hydrogen-bond donors (Lipinski definition) is 1. The minimum Gasteiger partial charge on any atom is -0.484 e. The van der Waals surface area contributed by atoms with Gasteiger partial charge in [0.2, 0.25) is 0 Å². The molecule has 3 amide bonds. The van der Waals surface area contributed by atoms with Crippen LogP contribution in [0, 0.1) is 24.0 Å². The fraction of sp³-hybridized carbons (Fsp3) is 0.148. The van der Waals surface area contributed by atoms with Crippen LogP contribution in [0.1, 0.15) is 22.3 Å². The summed E-state index contributed by atoms with van der Waals surface area (Å²) in [4.78, 5) is 49.4. The van der Waals surface area contributed by atoms with E-state index >= 15 is 0 Å². The Bertz CT molecular complexity index is 1420. The molecule has 1 fully saturated rings. The highest BCUT2D eigenvalue weighted by molar-refractivity contribution is 8.18. The molecule has 0 bridgehead atoms. The van der Waals surface area contributed by atoms with Crippen molar-refractivity contribution in [3.05, 3.63) is 104 Å². The standard InChI is InChI=1S/C27H23N3O6S/c1-17-7-10-21(13-18(17)2)28-25(31)16-36-22-11-8-19(9-12-22)14-24-26(32)29(27(33)37-24)15-20-5-3-4-6-23(20)30(34)35/h3-14H,15-16H2,1-2H3,(H,28,31)/b24-14-. The predicted octanol–water partition coefficient (Wildman–Crippen LogP) is 5.47. The van der Waals surface area contributed by atoms with Crippen molar-refractivity contribution in [3.8, 4) is 5.75 Å². The third-order valence-corrected chi connectivity index (χ3v) is 6.64. The Morgan fingerprint density at radius 2 is 1.78 bits per heavy atom. The number of aryl methyl sites for hydroxylation is 2. The molecule has 1 aliphatic rings. The van der Waals surface area contributed by atoms with Crippen molar-refractivity contribution in [2.45, 2.75) is 20.4 Å². The summed E-state index contributed by atoms with van der Waals surface area (Å²) in [6.45, 7) is 3.61. The van der Waals surface area contributed by atoms with Crippen molar-refractivity contribution in [2.24, 2.45) is 0 Å². The van der Waals surface area contributed by atoms with Crippen molar-refractivity contribution >= 4 is 46.3 Å². The molecule has 37 heavy (non-hydrogen) atoms. The summed E-state index contributed by atoms with van der Waals surface area (Å²) >= 11 is 0.776. The van der Waals surface area contributed by atoms with Gasteiger partial charge in [0, 0.05) is 17.3 Å². The Morgan fingerprint density at radius 3 is 2.49 bits per heavy atom. The number of nitrogens with one attached hydrogen (secondary N) is 1. The van der Waals surface area contributed by atoms with E-state index in [1.165, 1.54) is 18.2 Å². The van der Waals surface area contributed by atoms with E-state index < -0.39 is 16.1 Å². The molecule has 0 aromatic heterocycles. The molecule has 1 N–H and O–H groups in total. The van der Waals surface area contributed by atoms with Gasteiger partial charge in [0.1, 0.15) is 5.75 Å². The van der Waals surface area contributed by atoms with Crippen molar-refractivity contribution < 1.29 is 24.0 Å². The number of nitro benzene ring substituents is 1. The number of nitrogens with zero attached hydrogens (tertiary/aromatic N) is 2. The highest BCUT2D eigenvalue weighted by Crippen LogP contribution is 2.34. The lowest BCUT2D eigenvalue weighted by atomic mass is 10.1. The zero-order chi connectivity index (χ0) is 26.5. The zero-order valence-corrected chi connectivity index (χ0v) is 20.9. The highest BCUT2D eigenvalue weighted by Gasteiger charge is 2.36. The fourth-order valence-corrected chi connectivity index (χ4v) is 4.44. The number of benzene rings is 3. The van der Waals surface area contributed by atoms with Gasteiger partial charge in [-0.1, -0.05) is 36.4 Å². The number of carbonyl (C=O) groups excluding carboxylic acids is 3. The van der Waals surface area contributed by atoms with Gasteiger partial charge < -0.3 is 10.1 Å². The van der Waals surface area contributed by atoms with Crippen LogP contribution in [0.3, 0.4) is 0 Å². The van der Waals surface area contributed by atoms with E-state index in [0.717, 1.165) is 27.8 Å². The lowest BCUT2D eigenvalue weighted by Gasteiger charge is -2.12. The molecule has 1 aliphatic heterocycles. The lowest BCUT2D eigenvalue weighted by molar-refractivity contribution is -0.385. The van der Waals surface area contributed by atoms with Crippen LogP contribution in [0.2, 0.25) is 0 Å². The largest absolute Gasteiger partial charge is 0.484 e. The molecular formula is C27H23N3O6S. The fourth-order valence-electron chi connectivity index (χ4n) is 3.61. The van der Waals surface area contributed by atoms with E-state index in [-0.39, 0.29) is 35.2 Å². The topological polar surface area (TPSA) is 119 Å². The summed E-state index contributed by atoms with van der Waals surface area (Å²) in [6, 6.07) is 18.4. The number of imide groups is 1. The molecule has 188 valence electrons. The third kappa shape index (κ3) is 6.22. The van der Waals surface area contributed by atoms with Crippen LogP contribution < -0.4 is 10.1 Å². The van der Waals surface area contributed by atoms with Gasteiger partial charge in [-0.15, -0.1) is 0 Å². The van der Waals surface area contributed by atoms with Gasteiger partial charge in [-0.3, -0.25) is 29.4 Å². The molecular weight excluding hydrogens is 494 g/mol. The monoisotopic (exact) mass is 517 g/mol. The van der Waals surface area contributed by atoms with E-state index in [9.17, 15) is 24.5 Å². The second kappa shape index (κ2) is 11.1. The molecule has 9 nitrogen and oxygen atoms in total. The molecule has 3 aromatic carbocycles. The van der Waals surface area contributed by atoms with Crippen LogP contribution in [0.25, 0.3) is 6.08 Å². The summed E-state index contributed by atoms with van der Waals surface area (Å²) in [7, 11) is 0. The van der Waals surface area contributed by atoms with Crippen LogP contribution >= 0.6 is 11.8 Å². The minimum absolute atomic E-state index is 0.149. The molecule has 0 saturated carbocycles. The maximum atomic E-state index is 12.8. The number of carbonyl (C=O) groups is 3. The zero-order valence-electron chi connectivity index (χ0n) is 20.1. The first kappa shape index (κ1) is 25.6. The predicted molar refractivity (Wildman–Crippen MR) is 141 cm³/mol. The average molecular weight is 518 g/mol. The van der Waals surface area contributed by atoms with Gasteiger partial charge in [0.25, 0.3) is 22.7 Å². The number of hydrogen-bond acceptors (Lipinski definition) is 7. The number of nitro groups is 1. The number of thioether (sulfide) groups is 1. The van der Waals surface area contributed by atoms with Crippen LogP contribution in [0.15, 0.2) is 71.6 Å². The van der Waals surface area contributed by atoms with Crippen LogP contribution in [0.5, 0.6) is 5.75 Å². The highest BCUT2D eigenvalue weighted by atomic mass is 32.2. The first-order chi connectivity index (χ1) is 17.7. The van der Waals surface area contributed by atoms with Crippen LogP contribution in [0.4, 0.5) is 16.2 Å². The quantitative estimate of drug-likeness (QED) is 0.239. The molecule has 0 radical (unpaired) electrons. The molecule has 0 aliphatic carbocycles. The third-order valence-electron chi connectivity index (χ3n) is 5.73. The SMILES string of the molecule is Cc1ccc(NC(=O)COc2ccc(/C=C3\SC(=O)N(Cc4ccccc4[N+](=O)[O-])C3=O)cc2)cc1C. The van der Waals surface area contributed by atoms with Crippen molar-refractivity contribution in [3.63, 3.8) is 0 Å². The smallest absolute Gasteiger partial charge is 0.293 e. The second-order valence-electron chi connectivity index (χ2n) is 8.36. The van der Waals surface area contributed by atoms with Crippen molar-refractivity contribution in [2.75, 3.05) is 11.9 Å². The van der Waals surface area contributed by atoms with Gasteiger partial charge >= 0.3 is 0 Å². The number of rotatable bonds is 8. The summed E-state index contributed by atoms with van der Waals surface area (Å²) < 4.78 is 5.55. The van der Waals surface area contributed by atoms with Gasteiger partial charge in [0.05, 0.1) is 16.4 Å². The first-order valence-electron chi connectivity index (χ1n) is 11.3. The second-order valence-corrected chi connectivity index (χ2v) is 9.35. The number of anilines is 1. The molecule has 1 saturated heterocycles. The Hall–Kier alpha value is -4.44. The van der Waals surface area contributed by atoms with Crippen molar-refractivity contribution in [1.82, 2.24) is 4.90 Å². The molecule has 3 aromatic rings. The number of ether oxygens (including phenoxy) is 1. The average Bonchev–Trinajstić information content (AvgIpc) is 3.13. The van der Waals surface area contributed by atoms with E-state index in [1.807, 2.05) is 32.0 Å². The molecule has 4 rings (SSSR count). The summed E-state index contributed by atoms with van der Waals surface area (Å²) in [5.74, 6) is -0.340. The Kier molecular flexibility index (Phi) is 7.69. The first-order valence-corrected chi connectivity index (χ1v) is 12.1. The minimum atomic E-state index is -0.541. The lowest BCUT2D eigenvalue weighted by Crippen LogP contribution is -2.27. The number of amides is 3.